The van der Waals surface area contributed by atoms with Gasteiger partial charge in [0.2, 0.25) is 0 Å². The standard InChI is InChI=1S/C12H16N4OS/c1-7(2)16-5-9(13)4-10(16)11(17)15-12-14-8(3)6-18-12/h4-7H,13H2,1-3H3,(H,14,15,17). The van der Waals surface area contributed by atoms with E-state index in [-0.39, 0.29) is 11.9 Å². The second-order valence-electron chi connectivity index (χ2n) is 4.41. The lowest BCUT2D eigenvalue weighted by molar-refractivity contribution is 0.101. The summed E-state index contributed by atoms with van der Waals surface area (Å²) in [7, 11) is 0. The third-order valence-electron chi connectivity index (χ3n) is 2.50. The number of hydrogen-bond acceptors (Lipinski definition) is 4. The Bertz CT molecular complexity index is 570. The van der Waals surface area contributed by atoms with Gasteiger partial charge in [-0.15, -0.1) is 11.3 Å². The molecule has 2 heterocycles. The molecule has 2 aromatic heterocycles. The zero-order valence-corrected chi connectivity index (χ0v) is 11.4. The number of anilines is 2. The third-order valence-corrected chi connectivity index (χ3v) is 3.37. The molecule has 0 fully saturated rings. The highest BCUT2D eigenvalue weighted by Gasteiger charge is 2.15. The molecular weight excluding hydrogens is 248 g/mol. The summed E-state index contributed by atoms with van der Waals surface area (Å²) in [5.41, 5.74) is 7.77. The van der Waals surface area contributed by atoms with Crippen molar-refractivity contribution in [3.05, 3.63) is 29.0 Å². The number of rotatable bonds is 3. The molecule has 0 aliphatic heterocycles. The maximum absolute atomic E-state index is 12.1. The molecule has 1 amide bonds. The first kappa shape index (κ1) is 12.6. The minimum Gasteiger partial charge on any atom is -0.397 e. The summed E-state index contributed by atoms with van der Waals surface area (Å²) in [6, 6.07) is 1.86. The first-order valence-electron chi connectivity index (χ1n) is 5.68. The molecule has 96 valence electrons. The van der Waals surface area contributed by atoms with E-state index in [9.17, 15) is 4.79 Å². The third kappa shape index (κ3) is 2.53. The minimum atomic E-state index is -0.185. The topological polar surface area (TPSA) is 72.9 Å². The van der Waals surface area contributed by atoms with Crippen molar-refractivity contribution < 1.29 is 4.79 Å². The number of amides is 1. The van der Waals surface area contributed by atoms with Crippen LogP contribution >= 0.6 is 11.3 Å². The zero-order chi connectivity index (χ0) is 13.3. The number of nitrogens with zero attached hydrogens (tertiary/aromatic N) is 2. The summed E-state index contributed by atoms with van der Waals surface area (Å²) in [6.07, 6.45) is 1.77. The van der Waals surface area contributed by atoms with Crippen molar-refractivity contribution in [3.8, 4) is 0 Å². The molecule has 18 heavy (non-hydrogen) atoms. The SMILES string of the molecule is Cc1csc(NC(=O)c2cc(N)cn2C(C)C)n1. The second-order valence-corrected chi connectivity index (χ2v) is 5.27. The lowest BCUT2D eigenvalue weighted by Crippen LogP contribution is -2.17. The van der Waals surface area contributed by atoms with E-state index < -0.39 is 0 Å². The number of hydrogen-bond donors (Lipinski definition) is 2. The fourth-order valence-electron chi connectivity index (χ4n) is 1.68. The lowest BCUT2D eigenvalue weighted by atomic mass is 10.3. The van der Waals surface area contributed by atoms with Gasteiger partial charge in [-0.1, -0.05) is 0 Å². The van der Waals surface area contributed by atoms with Gasteiger partial charge >= 0.3 is 0 Å². The Kier molecular flexibility index (Phi) is 3.38. The molecule has 0 spiro atoms. The van der Waals surface area contributed by atoms with Crippen LogP contribution < -0.4 is 11.1 Å². The largest absolute Gasteiger partial charge is 0.397 e. The van der Waals surface area contributed by atoms with Crippen molar-refractivity contribution in [1.29, 1.82) is 0 Å². The van der Waals surface area contributed by atoms with Crippen LogP contribution in [0.25, 0.3) is 0 Å². The van der Waals surface area contributed by atoms with Gasteiger partial charge in [-0.2, -0.15) is 0 Å². The molecule has 2 rings (SSSR count). The van der Waals surface area contributed by atoms with E-state index in [0.29, 0.717) is 16.5 Å². The lowest BCUT2D eigenvalue weighted by Gasteiger charge is -2.11. The number of carbonyl (C=O) groups is 1. The van der Waals surface area contributed by atoms with Crippen LogP contribution in [0.15, 0.2) is 17.6 Å². The summed E-state index contributed by atoms with van der Waals surface area (Å²) in [6.45, 7) is 5.90. The molecule has 0 bridgehead atoms. The van der Waals surface area contributed by atoms with E-state index in [1.807, 2.05) is 30.7 Å². The summed E-state index contributed by atoms with van der Waals surface area (Å²) < 4.78 is 1.85. The van der Waals surface area contributed by atoms with Crippen molar-refractivity contribution in [2.24, 2.45) is 0 Å². The van der Waals surface area contributed by atoms with Crippen LogP contribution in [0.2, 0.25) is 0 Å². The highest BCUT2D eigenvalue weighted by molar-refractivity contribution is 7.13. The van der Waals surface area contributed by atoms with Gasteiger partial charge < -0.3 is 10.3 Å². The van der Waals surface area contributed by atoms with Gasteiger partial charge in [-0.25, -0.2) is 4.98 Å². The van der Waals surface area contributed by atoms with Crippen LogP contribution in [0.4, 0.5) is 10.8 Å². The molecule has 0 aliphatic rings. The van der Waals surface area contributed by atoms with Crippen LogP contribution in [0.5, 0.6) is 0 Å². The Labute approximate surface area is 110 Å². The van der Waals surface area contributed by atoms with E-state index >= 15 is 0 Å². The van der Waals surface area contributed by atoms with Gasteiger partial charge in [-0.3, -0.25) is 10.1 Å². The Morgan fingerprint density at radius 2 is 2.28 bits per heavy atom. The van der Waals surface area contributed by atoms with Crippen LogP contribution in [0, 0.1) is 6.92 Å². The number of thiazole rings is 1. The molecule has 0 saturated heterocycles. The maximum atomic E-state index is 12.1. The van der Waals surface area contributed by atoms with Gasteiger partial charge in [0, 0.05) is 17.6 Å². The van der Waals surface area contributed by atoms with Gasteiger partial charge in [0.1, 0.15) is 5.69 Å². The summed E-state index contributed by atoms with van der Waals surface area (Å²) in [5.74, 6) is -0.185. The molecule has 0 aliphatic carbocycles. The number of nitrogens with one attached hydrogen (secondary N) is 1. The number of aryl methyl sites for hydroxylation is 1. The van der Waals surface area contributed by atoms with Crippen LogP contribution in [0.1, 0.15) is 36.1 Å². The molecule has 0 saturated carbocycles. The van der Waals surface area contributed by atoms with E-state index in [0.717, 1.165) is 5.69 Å². The van der Waals surface area contributed by atoms with Gasteiger partial charge in [-0.05, 0) is 26.8 Å². The smallest absolute Gasteiger partial charge is 0.274 e. The fraction of sp³-hybridized carbons (Fsp3) is 0.333. The zero-order valence-electron chi connectivity index (χ0n) is 10.6. The maximum Gasteiger partial charge on any atom is 0.274 e. The Morgan fingerprint density at radius 3 is 2.83 bits per heavy atom. The van der Waals surface area contributed by atoms with Crippen molar-refractivity contribution in [2.75, 3.05) is 11.1 Å². The van der Waals surface area contributed by atoms with Crippen molar-refractivity contribution in [2.45, 2.75) is 26.8 Å². The average Bonchev–Trinajstić information content (AvgIpc) is 2.85. The molecule has 2 aromatic rings. The van der Waals surface area contributed by atoms with Crippen LogP contribution in [-0.2, 0) is 0 Å². The van der Waals surface area contributed by atoms with Crippen molar-refractivity contribution in [1.82, 2.24) is 9.55 Å². The predicted molar refractivity (Wildman–Crippen MR) is 74.0 cm³/mol. The highest BCUT2D eigenvalue weighted by Crippen LogP contribution is 2.19. The number of carbonyl (C=O) groups excluding carboxylic acids is 1. The van der Waals surface area contributed by atoms with Crippen molar-refractivity contribution in [3.63, 3.8) is 0 Å². The van der Waals surface area contributed by atoms with E-state index in [1.54, 1.807) is 12.3 Å². The Hall–Kier alpha value is -1.82. The van der Waals surface area contributed by atoms with Crippen LogP contribution in [-0.4, -0.2) is 15.5 Å². The van der Waals surface area contributed by atoms with E-state index in [4.69, 9.17) is 5.73 Å². The molecule has 0 atom stereocenters. The number of aromatic nitrogens is 2. The van der Waals surface area contributed by atoms with Crippen molar-refractivity contribution >= 4 is 28.1 Å². The van der Waals surface area contributed by atoms with Crippen LogP contribution in [0.3, 0.4) is 0 Å². The summed E-state index contributed by atoms with van der Waals surface area (Å²) in [4.78, 5) is 16.3. The Morgan fingerprint density at radius 1 is 1.56 bits per heavy atom. The van der Waals surface area contributed by atoms with Gasteiger partial charge in [0.25, 0.3) is 5.91 Å². The normalized spacial score (nSPS) is 10.9. The summed E-state index contributed by atoms with van der Waals surface area (Å²) in [5, 5.41) is 5.28. The molecular formula is C12H16N4OS. The molecule has 5 nitrogen and oxygen atoms in total. The molecule has 6 heteroatoms. The first-order valence-corrected chi connectivity index (χ1v) is 6.56. The first-order chi connectivity index (χ1) is 8.47. The summed E-state index contributed by atoms with van der Waals surface area (Å²) >= 11 is 1.41. The highest BCUT2D eigenvalue weighted by atomic mass is 32.1. The molecule has 0 radical (unpaired) electrons. The molecule has 0 aromatic carbocycles. The number of nitrogen functional groups attached to an aromatic ring is 1. The van der Waals surface area contributed by atoms with Gasteiger partial charge in [0.15, 0.2) is 5.13 Å². The quantitative estimate of drug-likeness (QED) is 0.895. The predicted octanol–water partition coefficient (Wildman–Crippen LogP) is 2.67. The van der Waals surface area contributed by atoms with Gasteiger partial charge in [0.05, 0.1) is 11.4 Å². The monoisotopic (exact) mass is 264 g/mol. The Balaban J connectivity index is 2.23. The number of nitrogens with two attached hydrogens (primary N) is 1. The minimum absolute atomic E-state index is 0.182. The van der Waals surface area contributed by atoms with E-state index in [2.05, 4.69) is 10.3 Å². The average molecular weight is 264 g/mol. The molecule has 3 N–H and O–H groups in total. The fourth-order valence-corrected chi connectivity index (χ4v) is 2.37. The molecule has 0 unspecified atom stereocenters. The second kappa shape index (κ2) is 4.81. The van der Waals surface area contributed by atoms with E-state index in [1.165, 1.54) is 11.3 Å².